The molecule has 0 radical (unpaired) electrons. The number of thiazole rings is 1. The molecular weight excluding hydrogens is 396 g/mol. The Bertz CT molecular complexity index is 806. The van der Waals surface area contributed by atoms with E-state index >= 15 is 0 Å². The van der Waals surface area contributed by atoms with E-state index in [1.54, 1.807) is 11.3 Å². The summed E-state index contributed by atoms with van der Waals surface area (Å²) < 4.78 is 0.993. The van der Waals surface area contributed by atoms with E-state index < -0.39 is 0 Å². The molecule has 1 aromatic heterocycles. The lowest BCUT2D eigenvalue weighted by Gasteiger charge is -2.17. The van der Waals surface area contributed by atoms with Crippen LogP contribution in [0.1, 0.15) is 16.8 Å². The Kier molecular flexibility index (Phi) is 6.50. The lowest BCUT2D eigenvalue weighted by Crippen LogP contribution is -2.39. The second-order valence-corrected chi connectivity index (χ2v) is 7.51. The number of nitrogens with one attached hydrogen (secondary N) is 1. The highest BCUT2D eigenvalue weighted by Gasteiger charge is 2.19. The Morgan fingerprint density at radius 1 is 1.12 bits per heavy atom. The summed E-state index contributed by atoms with van der Waals surface area (Å²) in [6, 6.07) is 17.8. The van der Waals surface area contributed by atoms with Gasteiger partial charge >= 0.3 is 0 Å². The molecular formula is C20H19BrN2OS. The molecule has 3 aromatic rings. The van der Waals surface area contributed by atoms with Gasteiger partial charge < -0.3 is 5.32 Å². The van der Waals surface area contributed by atoms with Crippen LogP contribution in [0.3, 0.4) is 0 Å². The van der Waals surface area contributed by atoms with E-state index in [9.17, 15) is 4.79 Å². The van der Waals surface area contributed by atoms with Gasteiger partial charge in [0.15, 0.2) is 5.78 Å². The first kappa shape index (κ1) is 18.0. The van der Waals surface area contributed by atoms with Crippen LogP contribution >= 0.6 is 27.3 Å². The molecule has 0 fully saturated rings. The minimum absolute atomic E-state index is 0.192. The Labute approximate surface area is 160 Å². The van der Waals surface area contributed by atoms with Crippen molar-refractivity contribution < 1.29 is 4.79 Å². The standard InChI is InChI=1S/C20H19BrN2OS/c21-17-8-4-7-16(9-17)11-20(24)19(10-15-5-2-1-3-6-15)22-12-18-13-25-14-23-18/h1-9,13-14,19,22H,10-12H2/t19-/m0/s1. The second kappa shape index (κ2) is 9.04. The van der Waals surface area contributed by atoms with E-state index in [2.05, 4.69) is 38.4 Å². The predicted octanol–water partition coefficient (Wildman–Crippen LogP) is 4.42. The number of aromatic nitrogens is 1. The fourth-order valence-corrected chi connectivity index (χ4v) is 3.68. The van der Waals surface area contributed by atoms with Gasteiger partial charge in [-0.05, 0) is 29.7 Å². The number of Topliss-reactive ketones (excluding diaryl/α,β-unsaturated/α-hetero) is 1. The maximum absolute atomic E-state index is 12.9. The molecule has 0 bridgehead atoms. The van der Waals surface area contributed by atoms with Crippen molar-refractivity contribution in [3.63, 3.8) is 0 Å². The minimum Gasteiger partial charge on any atom is -0.301 e. The lowest BCUT2D eigenvalue weighted by molar-refractivity contribution is -0.120. The molecule has 1 N–H and O–H groups in total. The summed E-state index contributed by atoms with van der Waals surface area (Å²) >= 11 is 5.03. The van der Waals surface area contributed by atoms with Gasteiger partial charge in [-0.2, -0.15) is 0 Å². The van der Waals surface area contributed by atoms with Crippen molar-refractivity contribution in [3.05, 3.63) is 86.8 Å². The summed E-state index contributed by atoms with van der Waals surface area (Å²) in [6.45, 7) is 0.602. The third-order valence-corrected chi connectivity index (χ3v) is 5.08. The molecule has 0 unspecified atom stereocenters. The van der Waals surface area contributed by atoms with Crippen molar-refractivity contribution in [1.82, 2.24) is 10.3 Å². The minimum atomic E-state index is -0.233. The molecule has 1 heterocycles. The largest absolute Gasteiger partial charge is 0.301 e. The van der Waals surface area contributed by atoms with Gasteiger partial charge in [-0.1, -0.05) is 58.4 Å². The summed E-state index contributed by atoms with van der Waals surface area (Å²) in [4.78, 5) is 17.2. The number of benzene rings is 2. The second-order valence-electron chi connectivity index (χ2n) is 5.88. The predicted molar refractivity (Wildman–Crippen MR) is 106 cm³/mol. The Morgan fingerprint density at radius 2 is 1.92 bits per heavy atom. The molecule has 128 valence electrons. The molecule has 0 aliphatic carbocycles. The zero-order valence-electron chi connectivity index (χ0n) is 13.7. The monoisotopic (exact) mass is 414 g/mol. The van der Waals surface area contributed by atoms with E-state index in [1.807, 2.05) is 53.4 Å². The normalized spacial score (nSPS) is 12.0. The fourth-order valence-electron chi connectivity index (χ4n) is 2.67. The summed E-state index contributed by atoms with van der Waals surface area (Å²) in [5.74, 6) is 0.192. The lowest BCUT2D eigenvalue weighted by atomic mass is 9.97. The number of carbonyl (C=O) groups excluding carboxylic acids is 1. The fraction of sp³-hybridized carbons (Fsp3) is 0.200. The smallest absolute Gasteiger partial charge is 0.154 e. The average molecular weight is 415 g/mol. The van der Waals surface area contributed by atoms with Crippen molar-refractivity contribution in [2.24, 2.45) is 0 Å². The maximum Gasteiger partial charge on any atom is 0.154 e. The van der Waals surface area contributed by atoms with Crippen molar-refractivity contribution in [3.8, 4) is 0 Å². The number of hydrogen-bond donors (Lipinski definition) is 1. The molecule has 0 spiro atoms. The van der Waals surface area contributed by atoms with Gasteiger partial charge in [0.25, 0.3) is 0 Å². The summed E-state index contributed by atoms with van der Waals surface area (Å²) in [6.07, 6.45) is 1.10. The highest BCUT2D eigenvalue weighted by Crippen LogP contribution is 2.14. The Hall–Kier alpha value is -1.82. The number of nitrogens with zero attached hydrogens (tertiary/aromatic N) is 1. The van der Waals surface area contributed by atoms with Gasteiger partial charge in [0.1, 0.15) is 0 Å². The van der Waals surface area contributed by atoms with Crippen LogP contribution in [-0.2, 0) is 24.2 Å². The first-order valence-electron chi connectivity index (χ1n) is 8.12. The number of halogens is 1. The summed E-state index contributed by atoms with van der Waals surface area (Å²) in [5.41, 5.74) is 4.96. The van der Waals surface area contributed by atoms with Crippen molar-refractivity contribution in [1.29, 1.82) is 0 Å². The molecule has 0 amide bonds. The van der Waals surface area contributed by atoms with Gasteiger partial charge in [-0.3, -0.25) is 4.79 Å². The van der Waals surface area contributed by atoms with Crippen LogP contribution in [0.2, 0.25) is 0 Å². The van der Waals surface area contributed by atoms with Crippen LogP contribution in [0.5, 0.6) is 0 Å². The number of carbonyl (C=O) groups is 1. The Morgan fingerprint density at radius 3 is 2.64 bits per heavy atom. The number of hydrogen-bond acceptors (Lipinski definition) is 4. The average Bonchev–Trinajstić information content (AvgIpc) is 3.13. The summed E-state index contributed by atoms with van der Waals surface area (Å²) in [5, 5.41) is 5.39. The van der Waals surface area contributed by atoms with Gasteiger partial charge in [0.05, 0.1) is 17.2 Å². The van der Waals surface area contributed by atoms with Crippen molar-refractivity contribution in [2.75, 3.05) is 0 Å². The highest BCUT2D eigenvalue weighted by atomic mass is 79.9. The van der Waals surface area contributed by atoms with Crippen LogP contribution in [0, 0.1) is 0 Å². The molecule has 0 aliphatic heterocycles. The van der Waals surface area contributed by atoms with E-state index in [4.69, 9.17) is 0 Å². The molecule has 0 saturated heterocycles. The van der Waals surface area contributed by atoms with Crippen molar-refractivity contribution in [2.45, 2.75) is 25.4 Å². The summed E-state index contributed by atoms with van der Waals surface area (Å²) in [7, 11) is 0. The highest BCUT2D eigenvalue weighted by molar-refractivity contribution is 9.10. The van der Waals surface area contributed by atoms with Gasteiger partial charge in [-0.15, -0.1) is 11.3 Å². The molecule has 0 aliphatic rings. The molecule has 3 nitrogen and oxygen atoms in total. The van der Waals surface area contributed by atoms with E-state index in [0.29, 0.717) is 19.4 Å². The number of rotatable bonds is 8. The molecule has 5 heteroatoms. The van der Waals surface area contributed by atoms with E-state index in [0.717, 1.165) is 21.3 Å². The molecule has 0 saturated carbocycles. The van der Waals surface area contributed by atoms with Crippen LogP contribution in [0.25, 0.3) is 0 Å². The van der Waals surface area contributed by atoms with Crippen LogP contribution in [-0.4, -0.2) is 16.8 Å². The van der Waals surface area contributed by atoms with Crippen LogP contribution in [0.15, 0.2) is 70.0 Å². The maximum atomic E-state index is 12.9. The van der Waals surface area contributed by atoms with Crippen molar-refractivity contribution >= 4 is 33.0 Å². The molecule has 25 heavy (non-hydrogen) atoms. The van der Waals surface area contributed by atoms with E-state index in [1.165, 1.54) is 0 Å². The zero-order chi connectivity index (χ0) is 17.5. The van der Waals surface area contributed by atoms with Crippen LogP contribution < -0.4 is 5.32 Å². The first-order chi connectivity index (χ1) is 12.2. The van der Waals surface area contributed by atoms with E-state index in [-0.39, 0.29) is 11.8 Å². The third kappa shape index (κ3) is 5.59. The number of ketones is 1. The molecule has 1 atom stereocenters. The van der Waals surface area contributed by atoms with Gasteiger partial charge in [0, 0.05) is 22.8 Å². The van der Waals surface area contributed by atoms with Gasteiger partial charge in [0.2, 0.25) is 0 Å². The molecule has 2 aromatic carbocycles. The van der Waals surface area contributed by atoms with Crippen LogP contribution in [0.4, 0.5) is 0 Å². The molecule has 3 rings (SSSR count). The van der Waals surface area contributed by atoms with Gasteiger partial charge in [-0.25, -0.2) is 4.98 Å². The first-order valence-corrected chi connectivity index (χ1v) is 9.86. The topological polar surface area (TPSA) is 42.0 Å². The SMILES string of the molecule is O=C(Cc1cccc(Br)c1)[C@H](Cc1ccccc1)NCc1cscn1. The Balaban J connectivity index is 1.70. The quantitative estimate of drug-likeness (QED) is 0.592. The third-order valence-electron chi connectivity index (χ3n) is 3.95. The zero-order valence-corrected chi connectivity index (χ0v) is 16.1.